The van der Waals surface area contributed by atoms with Gasteiger partial charge in [0.1, 0.15) is 0 Å². The van der Waals surface area contributed by atoms with Crippen LogP contribution >= 0.6 is 0 Å². The summed E-state index contributed by atoms with van der Waals surface area (Å²) < 4.78 is 22.8. The molecule has 0 aromatic carbocycles. The van der Waals surface area contributed by atoms with Crippen LogP contribution in [0.15, 0.2) is 0 Å². The van der Waals surface area contributed by atoms with Crippen LogP contribution in [0, 0.1) is 10.8 Å². The second-order valence-corrected chi connectivity index (χ2v) is 8.17. The highest BCUT2D eigenvalue weighted by Crippen LogP contribution is 2.39. The lowest BCUT2D eigenvalue weighted by atomic mass is 9.77. The number of carbonyl (C=O) groups is 1. The van der Waals surface area contributed by atoms with Crippen LogP contribution in [0.3, 0.4) is 0 Å². The van der Waals surface area contributed by atoms with Crippen molar-refractivity contribution in [3.8, 4) is 0 Å². The van der Waals surface area contributed by atoms with Gasteiger partial charge in [0, 0.05) is 0 Å². The standard InChI is InChI=1S/C11H20O4S/c1-10(2,3)4-5-11(9(12)13)6-7-16(14,15)8-11/h4-8H2,1-3H3,(H,12,13). The van der Waals surface area contributed by atoms with Crippen LogP contribution in [-0.2, 0) is 14.6 Å². The van der Waals surface area contributed by atoms with E-state index in [0.717, 1.165) is 6.42 Å². The lowest BCUT2D eigenvalue weighted by Gasteiger charge is -2.27. The molecule has 1 N–H and O–H groups in total. The molecule has 5 heteroatoms. The summed E-state index contributed by atoms with van der Waals surface area (Å²) in [6.45, 7) is 6.10. The summed E-state index contributed by atoms with van der Waals surface area (Å²) in [6.07, 6.45) is 1.45. The quantitative estimate of drug-likeness (QED) is 0.825. The number of rotatable bonds is 3. The van der Waals surface area contributed by atoms with Gasteiger partial charge in [-0.05, 0) is 24.7 Å². The van der Waals surface area contributed by atoms with Crippen molar-refractivity contribution >= 4 is 15.8 Å². The zero-order valence-corrected chi connectivity index (χ0v) is 10.9. The zero-order chi connectivity index (χ0) is 12.6. The van der Waals surface area contributed by atoms with Crippen LogP contribution in [-0.4, -0.2) is 31.0 Å². The SMILES string of the molecule is CC(C)(C)CCC1(C(=O)O)CCS(=O)(=O)C1. The molecule has 0 amide bonds. The summed E-state index contributed by atoms with van der Waals surface area (Å²) in [5, 5.41) is 9.23. The maximum Gasteiger partial charge on any atom is 0.310 e. The smallest absolute Gasteiger partial charge is 0.310 e. The number of sulfone groups is 1. The van der Waals surface area contributed by atoms with Gasteiger partial charge in [-0.2, -0.15) is 0 Å². The molecule has 94 valence electrons. The Labute approximate surface area is 97.0 Å². The zero-order valence-electron chi connectivity index (χ0n) is 10.1. The van der Waals surface area contributed by atoms with Gasteiger partial charge in [0.05, 0.1) is 16.9 Å². The Balaban J connectivity index is 2.81. The van der Waals surface area contributed by atoms with Gasteiger partial charge in [-0.25, -0.2) is 8.42 Å². The molecule has 1 rings (SSSR count). The molecule has 0 bridgehead atoms. The van der Waals surface area contributed by atoms with Crippen LogP contribution in [0.2, 0.25) is 0 Å². The predicted octanol–water partition coefficient (Wildman–Crippen LogP) is 1.70. The molecule has 1 aliphatic rings. The summed E-state index contributed by atoms with van der Waals surface area (Å²) in [6, 6.07) is 0. The molecular weight excluding hydrogens is 228 g/mol. The molecular formula is C11H20O4S. The normalized spacial score (nSPS) is 29.2. The molecule has 0 aromatic rings. The summed E-state index contributed by atoms with van der Waals surface area (Å²) in [4.78, 5) is 11.3. The van der Waals surface area contributed by atoms with Gasteiger partial charge < -0.3 is 5.11 Å². The molecule has 0 saturated carbocycles. The van der Waals surface area contributed by atoms with E-state index in [-0.39, 0.29) is 23.3 Å². The van der Waals surface area contributed by atoms with E-state index in [4.69, 9.17) is 0 Å². The van der Waals surface area contributed by atoms with Gasteiger partial charge in [0.2, 0.25) is 0 Å². The monoisotopic (exact) mass is 248 g/mol. The lowest BCUT2D eigenvalue weighted by molar-refractivity contribution is -0.148. The number of hydrogen-bond acceptors (Lipinski definition) is 3. The second-order valence-electron chi connectivity index (χ2n) is 5.99. The maximum absolute atomic E-state index is 11.4. The van der Waals surface area contributed by atoms with Gasteiger partial charge >= 0.3 is 5.97 Å². The summed E-state index contributed by atoms with van der Waals surface area (Å²) in [5.41, 5.74) is -0.999. The number of hydrogen-bond donors (Lipinski definition) is 1. The molecule has 4 nitrogen and oxygen atoms in total. The van der Waals surface area contributed by atoms with Crippen LogP contribution < -0.4 is 0 Å². The summed E-state index contributed by atoms with van der Waals surface area (Å²) >= 11 is 0. The van der Waals surface area contributed by atoms with Gasteiger partial charge in [0.25, 0.3) is 0 Å². The van der Waals surface area contributed by atoms with Crippen molar-refractivity contribution < 1.29 is 18.3 Å². The van der Waals surface area contributed by atoms with Crippen LogP contribution in [0.5, 0.6) is 0 Å². The molecule has 0 spiro atoms. The fourth-order valence-corrected chi connectivity index (χ4v) is 4.10. The van der Waals surface area contributed by atoms with Crippen molar-refractivity contribution in [2.24, 2.45) is 10.8 Å². The molecule has 0 radical (unpaired) electrons. The molecule has 1 heterocycles. The molecule has 16 heavy (non-hydrogen) atoms. The van der Waals surface area contributed by atoms with Gasteiger partial charge in [0.15, 0.2) is 9.84 Å². The Bertz CT molecular complexity index is 377. The van der Waals surface area contributed by atoms with E-state index in [9.17, 15) is 18.3 Å². The predicted molar refractivity (Wildman–Crippen MR) is 62.0 cm³/mol. The highest BCUT2D eigenvalue weighted by Gasteiger charge is 2.48. The van der Waals surface area contributed by atoms with Crippen molar-refractivity contribution in [2.45, 2.75) is 40.0 Å². The van der Waals surface area contributed by atoms with E-state index in [0.29, 0.717) is 6.42 Å². The van der Waals surface area contributed by atoms with E-state index < -0.39 is 21.2 Å². The first kappa shape index (κ1) is 13.5. The second kappa shape index (κ2) is 4.02. The van der Waals surface area contributed by atoms with Gasteiger partial charge in [-0.3, -0.25) is 4.79 Å². The fraction of sp³-hybridized carbons (Fsp3) is 0.909. The summed E-state index contributed by atoms with van der Waals surface area (Å²) in [7, 11) is -3.15. The summed E-state index contributed by atoms with van der Waals surface area (Å²) in [5.74, 6) is -1.13. The van der Waals surface area contributed by atoms with Crippen LogP contribution in [0.25, 0.3) is 0 Å². The third-order valence-electron chi connectivity index (χ3n) is 3.20. The van der Waals surface area contributed by atoms with Crippen molar-refractivity contribution in [1.29, 1.82) is 0 Å². The van der Waals surface area contributed by atoms with Crippen molar-refractivity contribution in [1.82, 2.24) is 0 Å². The first-order chi connectivity index (χ1) is 7.06. The van der Waals surface area contributed by atoms with E-state index in [2.05, 4.69) is 0 Å². The molecule has 1 atom stereocenters. The fourth-order valence-electron chi connectivity index (χ4n) is 2.00. The van der Waals surface area contributed by atoms with E-state index in [1.165, 1.54) is 0 Å². The Morgan fingerprint density at radius 1 is 1.38 bits per heavy atom. The number of aliphatic carboxylic acids is 1. The average molecular weight is 248 g/mol. The van der Waals surface area contributed by atoms with Crippen LogP contribution in [0.4, 0.5) is 0 Å². The molecule has 1 saturated heterocycles. The van der Waals surface area contributed by atoms with Crippen molar-refractivity contribution in [3.05, 3.63) is 0 Å². The molecule has 1 aliphatic heterocycles. The van der Waals surface area contributed by atoms with E-state index >= 15 is 0 Å². The highest BCUT2D eigenvalue weighted by atomic mass is 32.2. The molecule has 0 aromatic heterocycles. The lowest BCUT2D eigenvalue weighted by Crippen LogP contribution is -2.33. The molecule has 1 unspecified atom stereocenters. The average Bonchev–Trinajstić information content (AvgIpc) is 2.38. The third-order valence-corrected chi connectivity index (χ3v) is 5.01. The minimum Gasteiger partial charge on any atom is -0.481 e. The number of carboxylic acids is 1. The van der Waals surface area contributed by atoms with Gasteiger partial charge in [-0.1, -0.05) is 20.8 Å². The van der Waals surface area contributed by atoms with Crippen molar-refractivity contribution in [2.75, 3.05) is 11.5 Å². The molecule has 1 fully saturated rings. The first-order valence-electron chi connectivity index (χ1n) is 5.50. The Morgan fingerprint density at radius 2 is 1.94 bits per heavy atom. The van der Waals surface area contributed by atoms with E-state index in [1.807, 2.05) is 20.8 Å². The van der Waals surface area contributed by atoms with Crippen LogP contribution in [0.1, 0.15) is 40.0 Å². The van der Waals surface area contributed by atoms with Crippen molar-refractivity contribution in [3.63, 3.8) is 0 Å². The highest BCUT2D eigenvalue weighted by molar-refractivity contribution is 7.91. The number of carboxylic acid groups (broad SMARTS) is 1. The Morgan fingerprint density at radius 3 is 2.25 bits per heavy atom. The topological polar surface area (TPSA) is 71.4 Å². The largest absolute Gasteiger partial charge is 0.481 e. The van der Waals surface area contributed by atoms with E-state index in [1.54, 1.807) is 0 Å². The molecule has 0 aliphatic carbocycles. The Kier molecular flexibility index (Phi) is 3.39. The minimum atomic E-state index is -3.15. The third kappa shape index (κ3) is 3.20. The minimum absolute atomic E-state index is 0.0173. The Hall–Kier alpha value is -0.580. The van der Waals surface area contributed by atoms with Gasteiger partial charge in [-0.15, -0.1) is 0 Å². The maximum atomic E-state index is 11.4. The first-order valence-corrected chi connectivity index (χ1v) is 7.32.